The first-order chi connectivity index (χ1) is 22.0. The highest BCUT2D eigenvalue weighted by atomic mass is 35.5. The quantitative estimate of drug-likeness (QED) is 0.329. The molecule has 0 aromatic heterocycles. The molecular formula is C37H57ClFN5O2. The molecule has 3 fully saturated rings. The number of amides is 1. The van der Waals surface area contributed by atoms with E-state index >= 15 is 0 Å². The van der Waals surface area contributed by atoms with Crippen LogP contribution in [0.2, 0.25) is 5.02 Å². The molecule has 2 unspecified atom stereocenters. The Kier molecular flexibility index (Phi) is 15.9. The molecule has 2 aromatic rings. The number of aldehydes is 1. The van der Waals surface area contributed by atoms with E-state index in [0.29, 0.717) is 24.3 Å². The molecule has 3 aliphatic rings. The summed E-state index contributed by atoms with van der Waals surface area (Å²) >= 11 is 5.96. The fourth-order valence-electron chi connectivity index (χ4n) is 6.69. The van der Waals surface area contributed by atoms with Gasteiger partial charge in [-0.15, -0.1) is 0 Å². The predicted molar refractivity (Wildman–Crippen MR) is 189 cm³/mol. The minimum absolute atomic E-state index is 0.0716. The van der Waals surface area contributed by atoms with Crippen LogP contribution in [0.3, 0.4) is 0 Å². The van der Waals surface area contributed by atoms with Crippen LogP contribution in [-0.4, -0.2) is 99.9 Å². The second-order valence-electron chi connectivity index (χ2n) is 13.9. The van der Waals surface area contributed by atoms with Gasteiger partial charge >= 0.3 is 0 Å². The Bertz CT molecular complexity index is 1200. The molecule has 2 saturated heterocycles. The van der Waals surface area contributed by atoms with Gasteiger partial charge in [-0.1, -0.05) is 69.0 Å². The van der Waals surface area contributed by atoms with Crippen LogP contribution in [0.1, 0.15) is 69.4 Å². The summed E-state index contributed by atoms with van der Waals surface area (Å²) in [5.74, 6) is 0.721. The van der Waals surface area contributed by atoms with E-state index in [2.05, 4.69) is 53.8 Å². The summed E-state index contributed by atoms with van der Waals surface area (Å²) in [6.07, 6.45) is 9.23. The number of hydrogen-bond donors (Lipinski definition) is 1. The van der Waals surface area contributed by atoms with Crippen molar-refractivity contribution >= 4 is 29.5 Å². The zero-order valence-corrected chi connectivity index (χ0v) is 29.5. The largest absolute Gasteiger partial charge is 0.370 e. The van der Waals surface area contributed by atoms with Gasteiger partial charge in [0.05, 0.1) is 5.69 Å². The average Bonchev–Trinajstić information content (AvgIpc) is 3.47. The first-order valence-corrected chi connectivity index (χ1v) is 17.4. The maximum atomic E-state index is 14.1. The molecule has 2 N–H and O–H groups in total. The number of likely N-dealkylation sites (N-methyl/N-ethyl adjacent to an activating group) is 1. The smallest absolute Gasteiger partial charge is 0.218 e. The molecule has 1 amide bonds. The van der Waals surface area contributed by atoms with E-state index in [0.717, 1.165) is 74.8 Å². The fourth-order valence-corrected chi connectivity index (χ4v) is 6.81. The van der Waals surface area contributed by atoms with E-state index in [1.54, 1.807) is 6.07 Å². The molecular weight excluding hydrogens is 601 g/mol. The van der Waals surface area contributed by atoms with Crippen LogP contribution in [0.15, 0.2) is 42.5 Å². The number of nitrogens with two attached hydrogens (primary N) is 1. The number of benzene rings is 2. The number of primary amides is 1. The van der Waals surface area contributed by atoms with Crippen LogP contribution in [0, 0.1) is 17.7 Å². The van der Waals surface area contributed by atoms with Crippen molar-refractivity contribution in [1.29, 1.82) is 0 Å². The van der Waals surface area contributed by atoms with Crippen molar-refractivity contribution in [3.05, 3.63) is 64.4 Å². The van der Waals surface area contributed by atoms with Crippen LogP contribution in [0.4, 0.5) is 10.1 Å². The second-order valence-corrected chi connectivity index (χ2v) is 14.3. The minimum atomic E-state index is -0.237. The van der Waals surface area contributed by atoms with Gasteiger partial charge < -0.3 is 25.2 Å². The highest BCUT2D eigenvalue weighted by molar-refractivity contribution is 6.30. The summed E-state index contributed by atoms with van der Waals surface area (Å²) in [4.78, 5) is 30.5. The molecule has 2 aromatic carbocycles. The minimum Gasteiger partial charge on any atom is -0.370 e. The van der Waals surface area contributed by atoms with Crippen LogP contribution in [0.5, 0.6) is 0 Å². The van der Waals surface area contributed by atoms with Gasteiger partial charge in [0.25, 0.3) is 0 Å². The van der Waals surface area contributed by atoms with Crippen molar-refractivity contribution in [1.82, 2.24) is 14.7 Å². The first-order valence-electron chi connectivity index (χ1n) is 17.1. The lowest BCUT2D eigenvalue weighted by molar-refractivity contribution is -0.118. The molecule has 1 saturated carbocycles. The Morgan fingerprint density at radius 3 is 2.22 bits per heavy atom. The Morgan fingerprint density at radius 2 is 1.67 bits per heavy atom. The molecule has 256 valence electrons. The number of anilines is 1. The maximum absolute atomic E-state index is 14.1. The van der Waals surface area contributed by atoms with Crippen LogP contribution in [0.25, 0.3) is 0 Å². The third-order valence-corrected chi connectivity index (χ3v) is 9.53. The molecule has 46 heavy (non-hydrogen) atoms. The Hall–Kier alpha value is -2.52. The zero-order chi connectivity index (χ0) is 33.6. The van der Waals surface area contributed by atoms with E-state index < -0.39 is 0 Å². The summed E-state index contributed by atoms with van der Waals surface area (Å²) in [7, 11) is 5.93. The standard InChI is InChI=1S/C17H22ClNO.C15H23FN2.C5H12N2O/c18-15-8-6-13(7-9-15)17-11-19(10-14(17)12-20)16-4-2-1-3-5-16;1-12(2)11-13-5-4-6-14(16)15(13)18-9-7-17(3)8-10-18;1-7(2)4-3-5(6)8/h6-9,12,14,16-17H,1-5,10-11H2;4-6,12H,7-11H2,1-3H3;3-4H2,1-2H3,(H2,6,8). The summed E-state index contributed by atoms with van der Waals surface area (Å²) in [6, 6.07) is 14.2. The molecule has 1 aliphatic carbocycles. The topological polar surface area (TPSA) is 73.1 Å². The van der Waals surface area contributed by atoms with Gasteiger partial charge in [-0.05, 0) is 75.6 Å². The highest BCUT2D eigenvalue weighted by Crippen LogP contribution is 2.36. The molecule has 0 radical (unpaired) electrons. The normalized spacial score (nSPS) is 21.0. The number of para-hydroxylation sites is 1. The number of rotatable bonds is 9. The predicted octanol–water partition coefficient (Wildman–Crippen LogP) is 6.09. The van der Waals surface area contributed by atoms with Crippen molar-refractivity contribution in [2.45, 2.75) is 70.8 Å². The molecule has 2 aliphatic heterocycles. The molecule has 5 rings (SSSR count). The number of halogens is 2. The lowest BCUT2D eigenvalue weighted by Gasteiger charge is -2.35. The maximum Gasteiger partial charge on any atom is 0.218 e. The first kappa shape index (κ1) is 37.9. The second kappa shape index (κ2) is 19.3. The van der Waals surface area contributed by atoms with Gasteiger partial charge in [0.2, 0.25) is 5.91 Å². The highest BCUT2D eigenvalue weighted by Gasteiger charge is 2.37. The van der Waals surface area contributed by atoms with Gasteiger partial charge in [-0.2, -0.15) is 0 Å². The third kappa shape index (κ3) is 12.3. The van der Waals surface area contributed by atoms with Gasteiger partial charge in [0.15, 0.2) is 0 Å². The lowest BCUT2D eigenvalue weighted by Crippen LogP contribution is -2.45. The summed E-state index contributed by atoms with van der Waals surface area (Å²) < 4.78 is 14.1. The summed E-state index contributed by atoms with van der Waals surface area (Å²) in [5, 5.41) is 0.763. The summed E-state index contributed by atoms with van der Waals surface area (Å²) in [6.45, 7) is 10.9. The van der Waals surface area contributed by atoms with Crippen LogP contribution >= 0.6 is 11.6 Å². The monoisotopic (exact) mass is 657 g/mol. The number of piperazine rings is 1. The van der Waals surface area contributed by atoms with Crippen molar-refractivity contribution in [2.75, 3.05) is 71.9 Å². The van der Waals surface area contributed by atoms with Crippen LogP contribution in [-0.2, 0) is 16.0 Å². The molecule has 2 atom stereocenters. The van der Waals surface area contributed by atoms with E-state index in [4.69, 9.17) is 17.3 Å². The molecule has 0 spiro atoms. The number of carbonyl (C=O) groups excluding carboxylic acids is 2. The Morgan fingerprint density at radius 1 is 1.02 bits per heavy atom. The fraction of sp³-hybridized carbons (Fsp3) is 0.622. The van der Waals surface area contributed by atoms with Crippen LogP contribution < -0.4 is 10.6 Å². The van der Waals surface area contributed by atoms with Crippen molar-refractivity contribution in [3.8, 4) is 0 Å². The SMILES string of the molecule is CC(C)Cc1cccc(F)c1N1CCN(C)CC1.CN(C)CCC(N)=O.O=CC1CN(C2CCCCC2)CC1c1ccc(Cl)cc1. The molecule has 9 heteroatoms. The van der Waals surface area contributed by atoms with E-state index in [9.17, 15) is 14.0 Å². The van der Waals surface area contributed by atoms with Crippen molar-refractivity contribution < 1.29 is 14.0 Å². The average molecular weight is 658 g/mol. The van der Waals surface area contributed by atoms with Crippen molar-refractivity contribution in [3.63, 3.8) is 0 Å². The molecule has 2 heterocycles. The molecule has 0 bridgehead atoms. The molecule has 7 nitrogen and oxygen atoms in total. The van der Waals surface area contributed by atoms with Gasteiger partial charge in [-0.25, -0.2) is 4.39 Å². The Balaban J connectivity index is 0.000000205. The number of nitrogens with zero attached hydrogens (tertiary/aromatic N) is 4. The van der Waals surface area contributed by atoms with Crippen molar-refractivity contribution in [2.24, 2.45) is 17.6 Å². The van der Waals surface area contributed by atoms with E-state index in [1.165, 1.54) is 37.7 Å². The zero-order valence-electron chi connectivity index (χ0n) is 28.8. The van der Waals surface area contributed by atoms with Gasteiger partial charge in [-0.3, -0.25) is 9.69 Å². The lowest BCUT2D eigenvalue weighted by atomic mass is 9.90. The third-order valence-electron chi connectivity index (χ3n) is 9.28. The number of carbonyl (C=O) groups is 2. The number of likely N-dealkylation sites (tertiary alicyclic amines) is 1. The Labute approximate surface area is 282 Å². The van der Waals surface area contributed by atoms with E-state index in [1.807, 2.05) is 37.2 Å². The van der Waals surface area contributed by atoms with Gasteiger partial charge in [0, 0.05) is 75.1 Å². The number of hydrogen-bond acceptors (Lipinski definition) is 6. The van der Waals surface area contributed by atoms with E-state index in [-0.39, 0.29) is 17.6 Å². The van der Waals surface area contributed by atoms with Gasteiger partial charge in [0.1, 0.15) is 12.1 Å². The summed E-state index contributed by atoms with van der Waals surface area (Å²) in [5.41, 5.74) is 8.11.